The SMILES string of the molecule is CC(C)Sc1ccccc1C(=O)N(C)Cc1ccc(OCC(=O)O)cc1. The Morgan fingerprint density at radius 1 is 1.12 bits per heavy atom. The second kappa shape index (κ2) is 9.29. The molecule has 0 radical (unpaired) electrons. The summed E-state index contributed by atoms with van der Waals surface area (Å²) in [7, 11) is 1.77. The van der Waals surface area contributed by atoms with E-state index in [1.54, 1.807) is 35.8 Å². The summed E-state index contributed by atoms with van der Waals surface area (Å²) in [5.74, 6) is -0.555. The molecule has 0 aliphatic heterocycles. The maximum absolute atomic E-state index is 12.8. The number of ether oxygens (including phenoxy) is 1. The van der Waals surface area contributed by atoms with Gasteiger partial charge in [0.05, 0.1) is 5.56 Å². The lowest BCUT2D eigenvalue weighted by atomic mass is 10.1. The van der Waals surface area contributed by atoms with Gasteiger partial charge in [0, 0.05) is 23.7 Å². The van der Waals surface area contributed by atoms with Crippen molar-refractivity contribution in [2.24, 2.45) is 0 Å². The first-order chi connectivity index (χ1) is 12.4. The number of hydrogen-bond acceptors (Lipinski definition) is 4. The van der Waals surface area contributed by atoms with Gasteiger partial charge in [-0.25, -0.2) is 4.79 Å². The molecule has 138 valence electrons. The molecule has 2 rings (SSSR count). The summed E-state index contributed by atoms with van der Waals surface area (Å²) in [4.78, 5) is 26.0. The number of carbonyl (C=O) groups excluding carboxylic acids is 1. The van der Waals surface area contributed by atoms with Crippen LogP contribution < -0.4 is 4.74 Å². The summed E-state index contributed by atoms with van der Waals surface area (Å²) >= 11 is 1.67. The molecule has 0 atom stereocenters. The zero-order valence-electron chi connectivity index (χ0n) is 15.1. The van der Waals surface area contributed by atoms with Crippen molar-refractivity contribution in [1.29, 1.82) is 0 Å². The van der Waals surface area contributed by atoms with E-state index in [2.05, 4.69) is 13.8 Å². The van der Waals surface area contributed by atoms with Gasteiger partial charge >= 0.3 is 5.97 Å². The molecule has 26 heavy (non-hydrogen) atoms. The highest BCUT2D eigenvalue weighted by Crippen LogP contribution is 2.27. The molecule has 2 aromatic rings. The number of thioether (sulfide) groups is 1. The Morgan fingerprint density at radius 3 is 2.38 bits per heavy atom. The van der Waals surface area contributed by atoms with Crippen LogP contribution in [0.4, 0.5) is 0 Å². The molecule has 5 nitrogen and oxygen atoms in total. The minimum atomic E-state index is -1.02. The van der Waals surface area contributed by atoms with Crippen LogP contribution in [0.15, 0.2) is 53.4 Å². The number of carbonyl (C=O) groups is 2. The number of rotatable bonds is 8. The van der Waals surface area contributed by atoms with E-state index in [0.29, 0.717) is 23.1 Å². The molecule has 0 bridgehead atoms. The van der Waals surface area contributed by atoms with Crippen LogP contribution in [-0.2, 0) is 11.3 Å². The summed E-state index contributed by atoms with van der Waals surface area (Å²) in [6, 6.07) is 14.7. The minimum Gasteiger partial charge on any atom is -0.482 e. The van der Waals surface area contributed by atoms with Gasteiger partial charge in [0.1, 0.15) is 5.75 Å². The summed E-state index contributed by atoms with van der Waals surface area (Å²) in [5, 5.41) is 9.02. The number of amides is 1. The molecule has 0 saturated carbocycles. The summed E-state index contributed by atoms with van der Waals surface area (Å²) in [5.41, 5.74) is 1.65. The van der Waals surface area contributed by atoms with Crippen LogP contribution in [0, 0.1) is 0 Å². The second-order valence-corrected chi connectivity index (χ2v) is 7.77. The summed E-state index contributed by atoms with van der Waals surface area (Å²) in [6.07, 6.45) is 0. The van der Waals surface area contributed by atoms with E-state index >= 15 is 0 Å². The van der Waals surface area contributed by atoms with Gasteiger partial charge in [-0.2, -0.15) is 0 Å². The molecule has 0 aliphatic rings. The van der Waals surface area contributed by atoms with Gasteiger partial charge in [0.15, 0.2) is 6.61 Å². The standard InChI is InChI=1S/C20H23NO4S/c1-14(2)26-18-7-5-4-6-17(18)20(24)21(3)12-15-8-10-16(11-9-15)25-13-19(22)23/h4-11,14H,12-13H2,1-3H3,(H,22,23). The molecular weight excluding hydrogens is 350 g/mol. The average Bonchev–Trinajstić information content (AvgIpc) is 2.60. The van der Waals surface area contributed by atoms with E-state index in [1.807, 2.05) is 36.4 Å². The van der Waals surface area contributed by atoms with Gasteiger partial charge in [-0.1, -0.05) is 38.1 Å². The highest BCUT2D eigenvalue weighted by Gasteiger charge is 2.16. The quantitative estimate of drug-likeness (QED) is 0.711. The zero-order chi connectivity index (χ0) is 19.1. The fourth-order valence-electron chi connectivity index (χ4n) is 2.39. The fourth-order valence-corrected chi connectivity index (χ4v) is 3.33. The Morgan fingerprint density at radius 2 is 1.77 bits per heavy atom. The first kappa shape index (κ1) is 19.8. The third kappa shape index (κ3) is 5.81. The van der Waals surface area contributed by atoms with Crippen molar-refractivity contribution in [2.75, 3.05) is 13.7 Å². The van der Waals surface area contributed by atoms with Gasteiger partial charge in [0.25, 0.3) is 5.91 Å². The van der Waals surface area contributed by atoms with Crippen LogP contribution in [0.5, 0.6) is 5.75 Å². The van der Waals surface area contributed by atoms with Crippen molar-refractivity contribution in [2.45, 2.75) is 30.5 Å². The van der Waals surface area contributed by atoms with Gasteiger partial charge in [0.2, 0.25) is 0 Å². The van der Waals surface area contributed by atoms with Crippen molar-refractivity contribution in [3.63, 3.8) is 0 Å². The Bertz CT molecular complexity index is 759. The van der Waals surface area contributed by atoms with Gasteiger partial charge in [-0.15, -0.1) is 11.8 Å². The van der Waals surface area contributed by atoms with Crippen molar-refractivity contribution in [1.82, 2.24) is 4.90 Å². The van der Waals surface area contributed by atoms with E-state index in [0.717, 1.165) is 10.5 Å². The van der Waals surface area contributed by atoms with E-state index in [1.165, 1.54) is 0 Å². The maximum Gasteiger partial charge on any atom is 0.341 e. The Hall–Kier alpha value is -2.47. The predicted octanol–water partition coefficient (Wildman–Crippen LogP) is 3.92. The van der Waals surface area contributed by atoms with Gasteiger partial charge < -0.3 is 14.7 Å². The topological polar surface area (TPSA) is 66.8 Å². The largest absolute Gasteiger partial charge is 0.482 e. The molecule has 0 heterocycles. The molecule has 0 spiro atoms. The third-order valence-electron chi connectivity index (χ3n) is 3.53. The number of hydrogen-bond donors (Lipinski definition) is 1. The van der Waals surface area contributed by atoms with Crippen LogP contribution in [0.1, 0.15) is 29.8 Å². The van der Waals surface area contributed by atoms with Crippen molar-refractivity contribution >= 4 is 23.6 Å². The highest BCUT2D eigenvalue weighted by atomic mass is 32.2. The lowest BCUT2D eigenvalue weighted by Gasteiger charge is -2.19. The van der Waals surface area contributed by atoms with Crippen LogP contribution in [-0.4, -0.2) is 40.8 Å². The van der Waals surface area contributed by atoms with Crippen molar-refractivity contribution in [3.8, 4) is 5.75 Å². The Balaban J connectivity index is 2.04. The number of benzene rings is 2. The monoisotopic (exact) mass is 373 g/mol. The Labute approximate surface area is 158 Å². The first-order valence-corrected chi connectivity index (χ1v) is 9.19. The maximum atomic E-state index is 12.8. The van der Waals surface area contributed by atoms with Crippen LogP contribution in [0.2, 0.25) is 0 Å². The highest BCUT2D eigenvalue weighted by molar-refractivity contribution is 8.00. The Kier molecular flexibility index (Phi) is 7.09. The smallest absolute Gasteiger partial charge is 0.341 e. The molecule has 0 aromatic heterocycles. The van der Waals surface area contributed by atoms with E-state index in [-0.39, 0.29) is 12.5 Å². The van der Waals surface area contributed by atoms with Crippen LogP contribution >= 0.6 is 11.8 Å². The molecular formula is C20H23NO4S. The van der Waals surface area contributed by atoms with Gasteiger partial charge in [-0.3, -0.25) is 4.79 Å². The molecule has 0 aliphatic carbocycles. The molecule has 1 N–H and O–H groups in total. The second-order valence-electron chi connectivity index (χ2n) is 6.15. The molecule has 6 heteroatoms. The van der Waals surface area contributed by atoms with E-state index < -0.39 is 5.97 Å². The number of nitrogens with zero attached hydrogens (tertiary/aromatic N) is 1. The third-order valence-corrected chi connectivity index (χ3v) is 4.61. The first-order valence-electron chi connectivity index (χ1n) is 8.31. The average molecular weight is 373 g/mol. The normalized spacial score (nSPS) is 10.6. The summed E-state index contributed by atoms with van der Waals surface area (Å²) in [6.45, 7) is 4.29. The van der Waals surface area contributed by atoms with Crippen molar-refractivity contribution in [3.05, 3.63) is 59.7 Å². The number of aliphatic carboxylic acids is 1. The van der Waals surface area contributed by atoms with Gasteiger partial charge in [-0.05, 0) is 29.8 Å². The minimum absolute atomic E-state index is 0.0278. The zero-order valence-corrected chi connectivity index (χ0v) is 16.0. The summed E-state index contributed by atoms with van der Waals surface area (Å²) < 4.78 is 5.11. The van der Waals surface area contributed by atoms with E-state index in [4.69, 9.17) is 9.84 Å². The van der Waals surface area contributed by atoms with Crippen LogP contribution in [0.3, 0.4) is 0 Å². The lowest BCUT2D eigenvalue weighted by molar-refractivity contribution is -0.139. The predicted molar refractivity (Wildman–Crippen MR) is 103 cm³/mol. The number of carboxylic acids is 1. The number of carboxylic acid groups (broad SMARTS) is 1. The van der Waals surface area contributed by atoms with Crippen LogP contribution in [0.25, 0.3) is 0 Å². The fraction of sp³-hybridized carbons (Fsp3) is 0.300. The van der Waals surface area contributed by atoms with E-state index in [9.17, 15) is 9.59 Å². The molecule has 0 saturated heterocycles. The molecule has 1 amide bonds. The van der Waals surface area contributed by atoms with Crippen molar-refractivity contribution < 1.29 is 19.4 Å². The molecule has 2 aromatic carbocycles. The lowest BCUT2D eigenvalue weighted by Crippen LogP contribution is -2.26. The molecule has 0 fully saturated rings. The molecule has 0 unspecified atom stereocenters.